The van der Waals surface area contributed by atoms with Crippen LogP contribution < -0.4 is 5.32 Å². The van der Waals surface area contributed by atoms with Gasteiger partial charge in [0, 0.05) is 33.8 Å². The molecule has 0 aliphatic carbocycles. The van der Waals surface area contributed by atoms with Gasteiger partial charge in [-0.2, -0.15) is 5.10 Å². The highest BCUT2D eigenvalue weighted by Gasteiger charge is 2.17. The van der Waals surface area contributed by atoms with Crippen LogP contribution in [-0.4, -0.2) is 27.3 Å². The normalized spacial score (nSPS) is 12.1. The zero-order valence-electron chi connectivity index (χ0n) is 15.5. The standard InChI is InChI=1S/C21H18FN3O2S2/c1-25-16(11-15(24-25)13-4-6-14(22)7-5-13)21(27)23-12-17(26)18-8-9-20(29-18)19-3-2-10-28-19/h2-11,17,26H,12H2,1H3,(H,23,27). The van der Waals surface area contributed by atoms with Crippen LogP contribution in [0.25, 0.3) is 21.0 Å². The Morgan fingerprint density at radius 1 is 1.21 bits per heavy atom. The Hall–Kier alpha value is -2.81. The molecule has 0 saturated heterocycles. The minimum atomic E-state index is -0.789. The maximum Gasteiger partial charge on any atom is 0.269 e. The molecule has 4 aromatic rings. The lowest BCUT2D eigenvalue weighted by Crippen LogP contribution is -2.29. The fraction of sp³-hybridized carbons (Fsp3) is 0.143. The number of aryl methyl sites for hydroxylation is 1. The molecule has 0 spiro atoms. The Morgan fingerprint density at radius 2 is 2.00 bits per heavy atom. The number of aliphatic hydroxyl groups is 1. The molecule has 1 atom stereocenters. The highest BCUT2D eigenvalue weighted by Crippen LogP contribution is 2.33. The largest absolute Gasteiger partial charge is 0.386 e. The van der Waals surface area contributed by atoms with Gasteiger partial charge in [0.15, 0.2) is 0 Å². The van der Waals surface area contributed by atoms with Crippen molar-refractivity contribution in [3.05, 3.63) is 76.4 Å². The lowest BCUT2D eigenvalue weighted by Gasteiger charge is -2.10. The SMILES string of the molecule is Cn1nc(-c2ccc(F)cc2)cc1C(=O)NCC(O)c1ccc(-c2cccs2)s1. The molecule has 0 saturated carbocycles. The quantitative estimate of drug-likeness (QED) is 0.477. The number of thiophene rings is 2. The monoisotopic (exact) mass is 427 g/mol. The van der Waals surface area contributed by atoms with Crippen molar-refractivity contribution in [3.63, 3.8) is 0 Å². The second-order valence-corrected chi connectivity index (χ2v) is 8.51. The first-order valence-electron chi connectivity index (χ1n) is 8.91. The minimum absolute atomic E-state index is 0.0975. The van der Waals surface area contributed by atoms with Gasteiger partial charge in [0.1, 0.15) is 17.6 Å². The van der Waals surface area contributed by atoms with Gasteiger partial charge in [0.25, 0.3) is 5.91 Å². The first-order chi connectivity index (χ1) is 14.0. The molecule has 0 fully saturated rings. The van der Waals surface area contributed by atoms with Crippen LogP contribution in [-0.2, 0) is 7.05 Å². The van der Waals surface area contributed by atoms with Gasteiger partial charge in [0.05, 0.1) is 5.69 Å². The van der Waals surface area contributed by atoms with Crippen LogP contribution in [0.2, 0.25) is 0 Å². The second kappa shape index (κ2) is 8.28. The third-order valence-electron chi connectivity index (χ3n) is 4.43. The fourth-order valence-electron chi connectivity index (χ4n) is 2.91. The van der Waals surface area contributed by atoms with Gasteiger partial charge in [-0.05, 0) is 53.9 Å². The topological polar surface area (TPSA) is 67.2 Å². The smallest absolute Gasteiger partial charge is 0.269 e. The summed E-state index contributed by atoms with van der Waals surface area (Å²) < 4.78 is 14.6. The van der Waals surface area contributed by atoms with Crippen molar-refractivity contribution in [1.82, 2.24) is 15.1 Å². The molecule has 3 heterocycles. The molecular weight excluding hydrogens is 409 g/mol. The number of aromatic nitrogens is 2. The van der Waals surface area contributed by atoms with Gasteiger partial charge in [-0.25, -0.2) is 4.39 Å². The van der Waals surface area contributed by atoms with E-state index < -0.39 is 6.10 Å². The number of amides is 1. The zero-order valence-corrected chi connectivity index (χ0v) is 17.1. The van der Waals surface area contributed by atoms with Crippen molar-refractivity contribution >= 4 is 28.6 Å². The van der Waals surface area contributed by atoms with E-state index in [0.717, 1.165) is 20.2 Å². The molecule has 1 amide bonds. The summed E-state index contributed by atoms with van der Waals surface area (Å²) in [4.78, 5) is 15.6. The van der Waals surface area contributed by atoms with Crippen molar-refractivity contribution in [2.75, 3.05) is 6.54 Å². The minimum Gasteiger partial charge on any atom is -0.386 e. The molecule has 0 radical (unpaired) electrons. The van der Waals surface area contributed by atoms with Gasteiger partial charge in [-0.3, -0.25) is 9.48 Å². The van der Waals surface area contributed by atoms with E-state index in [9.17, 15) is 14.3 Å². The van der Waals surface area contributed by atoms with Gasteiger partial charge in [0.2, 0.25) is 0 Å². The van der Waals surface area contributed by atoms with Crippen molar-refractivity contribution in [2.45, 2.75) is 6.10 Å². The number of hydrogen-bond acceptors (Lipinski definition) is 5. The number of benzene rings is 1. The predicted molar refractivity (Wildman–Crippen MR) is 114 cm³/mol. The molecule has 0 bridgehead atoms. The number of hydrogen-bond donors (Lipinski definition) is 2. The summed E-state index contributed by atoms with van der Waals surface area (Å²) in [7, 11) is 1.67. The highest BCUT2D eigenvalue weighted by atomic mass is 32.1. The predicted octanol–water partition coefficient (Wildman–Crippen LogP) is 4.48. The van der Waals surface area contributed by atoms with Crippen molar-refractivity contribution in [1.29, 1.82) is 0 Å². The second-order valence-electron chi connectivity index (χ2n) is 6.45. The number of nitrogens with one attached hydrogen (secondary N) is 1. The van der Waals surface area contributed by atoms with E-state index >= 15 is 0 Å². The van der Waals surface area contributed by atoms with Crippen molar-refractivity contribution < 1.29 is 14.3 Å². The Bertz CT molecular complexity index is 1120. The van der Waals surface area contributed by atoms with Gasteiger partial charge in [-0.1, -0.05) is 6.07 Å². The van der Waals surface area contributed by atoms with Gasteiger partial charge in [-0.15, -0.1) is 22.7 Å². The first-order valence-corrected chi connectivity index (χ1v) is 10.6. The third-order valence-corrected chi connectivity index (χ3v) is 6.68. The molecule has 1 aromatic carbocycles. The Labute approximate surface area is 175 Å². The molecule has 2 N–H and O–H groups in total. The molecule has 3 aromatic heterocycles. The average molecular weight is 428 g/mol. The molecule has 29 heavy (non-hydrogen) atoms. The van der Waals surface area contributed by atoms with Crippen LogP contribution in [0.1, 0.15) is 21.5 Å². The summed E-state index contributed by atoms with van der Waals surface area (Å²) in [5.74, 6) is -0.658. The Morgan fingerprint density at radius 3 is 2.72 bits per heavy atom. The molecule has 8 heteroatoms. The van der Waals surface area contributed by atoms with E-state index in [1.54, 1.807) is 36.6 Å². The van der Waals surface area contributed by atoms with Crippen LogP contribution in [0.4, 0.5) is 4.39 Å². The summed E-state index contributed by atoms with van der Waals surface area (Å²) >= 11 is 3.16. The van der Waals surface area contributed by atoms with E-state index in [0.29, 0.717) is 11.4 Å². The molecule has 1 unspecified atom stereocenters. The van der Waals surface area contributed by atoms with E-state index in [2.05, 4.69) is 10.4 Å². The van der Waals surface area contributed by atoms with Crippen LogP contribution >= 0.6 is 22.7 Å². The number of carbonyl (C=O) groups excluding carboxylic acids is 1. The number of rotatable bonds is 6. The van der Waals surface area contributed by atoms with E-state index in [1.165, 1.54) is 28.2 Å². The van der Waals surface area contributed by atoms with E-state index in [1.807, 2.05) is 29.6 Å². The van der Waals surface area contributed by atoms with E-state index in [-0.39, 0.29) is 18.3 Å². The van der Waals surface area contributed by atoms with Gasteiger partial charge >= 0.3 is 0 Å². The fourth-order valence-corrected chi connectivity index (χ4v) is 4.73. The van der Waals surface area contributed by atoms with Crippen molar-refractivity contribution in [2.24, 2.45) is 7.05 Å². The summed E-state index contributed by atoms with van der Waals surface area (Å²) in [5.41, 5.74) is 1.67. The van der Waals surface area contributed by atoms with E-state index in [4.69, 9.17) is 0 Å². The summed E-state index contributed by atoms with van der Waals surface area (Å²) in [6.07, 6.45) is -0.789. The maximum atomic E-state index is 13.1. The Balaban J connectivity index is 1.41. The lowest BCUT2D eigenvalue weighted by atomic mass is 10.1. The van der Waals surface area contributed by atoms with Crippen LogP contribution in [0, 0.1) is 5.82 Å². The van der Waals surface area contributed by atoms with Crippen molar-refractivity contribution in [3.8, 4) is 21.0 Å². The summed E-state index contributed by atoms with van der Waals surface area (Å²) in [5, 5.41) is 19.5. The van der Waals surface area contributed by atoms with Crippen LogP contribution in [0.3, 0.4) is 0 Å². The average Bonchev–Trinajstić information content (AvgIpc) is 3.46. The number of carbonyl (C=O) groups is 1. The molecule has 4 rings (SSSR count). The molecule has 0 aliphatic rings. The number of nitrogens with zero attached hydrogens (tertiary/aromatic N) is 2. The number of aliphatic hydroxyl groups excluding tert-OH is 1. The van der Waals surface area contributed by atoms with Crippen LogP contribution in [0.5, 0.6) is 0 Å². The highest BCUT2D eigenvalue weighted by molar-refractivity contribution is 7.21. The summed E-state index contributed by atoms with van der Waals surface area (Å²) in [6.45, 7) is 0.0975. The molecule has 148 valence electrons. The summed E-state index contributed by atoms with van der Waals surface area (Å²) in [6, 6.07) is 15.5. The molecule has 5 nitrogen and oxygen atoms in total. The first kappa shape index (κ1) is 19.5. The third kappa shape index (κ3) is 4.29. The Kier molecular flexibility index (Phi) is 5.57. The molecular formula is C21H18FN3O2S2. The molecule has 0 aliphatic heterocycles. The zero-order chi connectivity index (χ0) is 20.4. The van der Waals surface area contributed by atoms with Gasteiger partial charge < -0.3 is 10.4 Å². The number of halogens is 1. The van der Waals surface area contributed by atoms with Crippen LogP contribution in [0.15, 0.2) is 60.0 Å². The lowest BCUT2D eigenvalue weighted by molar-refractivity contribution is 0.0908. The maximum absolute atomic E-state index is 13.1.